The molecule has 138 valence electrons. The Hall–Kier alpha value is -3.17. The van der Waals surface area contributed by atoms with Crippen molar-refractivity contribution in [1.82, 2.24) is 15.3 Å². The van der Waals surface area contributed by atoms with Crippen LogP contribution < -0.4 is 10.1 Å². The highest BCUT2D eigenvalue weighted by atomic mass is 19.4. The Morgan fingerprint density at radius 1 is 1.15 bits per heavy atom. The summed E-state index contributed by atoms with van der Waals surface area (Å²) in [6, 6.07) is 5.31. The molecule has 0 fully saturated rings. The second-order valence-corrected chi connectivity index (χ2v) is 5.26. The predicted octanol–water partition coefficient (Wildman–Crippen LogP) is 2.61. The number of carboxylic acids is 1. The minimum absolute atomic E-state index is 0.0553. The number of nitrogens with zero attached hydrogens (tertiary/aromatic N) is 2. The lowest BCUT2D eigenvalue weighted by atomic mass is 10.1. The van der Waals surface area contributed by atoms with Gasteiger partial charge in [0, 0.05) is 0 Å². The molecule has 0 aliphatic heterocycles. The van der Waals surface area contributed by atoms with E-state index in [1.165, 1.54) is 24.3 Å². The standard InChI is InChI=1S/C16H14F3N3O4/c1-9(10-2-4-11(5-3-10)26-8-16(17,18)19)22-14(23)12-6-21-13(7-20-12)15(24)25/h2-7,9H,8H2,1H3,(H,22,23)(H,24,25). The van der Waals surface area contributed by atoms with E-state index in [2.05, 4.69) is 20.0 Å². The predicted molar refractivity (Wildman–Crippen MR) is 82.9 cm³/mol. The van der Waals surface area contributed by atoms with E-state index in [-0.39, 0.29) is 17.1 Å². The summed E-state index contributed by atoms with van der Waals surface area (Å²) in [5, 5.41) is 11.4. The fourth-order valence-corrected chi connectivity index (χ4v) is 1.93. The molecule has 1 amide bonds. The summed E-state index contributed by atoms with van der Waals surface area (Å²) in [5.74, 6) is -1.77. The number of carbonyl (C=O) groups is 2. The van der Waals surface area contributed by atoms with Gasteiger partial charge in [-0.1, -0.05) is 12.1 Å². The highest BCUT2D eigenvalue weighted by Gasteiger charge is 2.28. The van der Waals surface area contributed by atoms with Crippen LogP contribution in [0, 0.1) is 0 Å². The first-order valence-electron chi connectivity index (χ1n) is 7.31. The monoisotopic (exact) mass is 369 g/mol. The molecule has 0 aliphatic rings. The van der Waals surface area contributed by atoms with Gasteiger partial charge in [0.1, 0.15) is 11.4 Å². The zero-order chi connectivity index (χ0) is 19.3. The molecule has 0 spiro atoms. The highest BCUT2D eigenvalue weighted by Crippen LogP contribution is 2.21. The van der Waals surface area contributed by atoms with Crippen molar-refractivity contribution in [2.75, 3.05) is 6.61 Å². The molecular formula is C16H14F3N3O4. The zero-order valence-electron chi connectivity index (χ0n) is 13.4. The smallest absolute Gasteiger partial charge is 0.422 e. The third-order valence-electron chi connectivity index (χ3n) is 3.23. The molecule has 2 aromatic rings. The SMILES string of the molecule is CC(NC(=O)c1cnc(C(=O)O)cn1)c1ccc(OCC(F)(F)F)cc1. The van der Waals surface area contributed by atoms with Crippen LogP contribution in [-0.4, -0.2) is 39.7 Å². The summed E-state index contributed by atoms with van der Waals surface area (Å²) < 4.78 is 40.9. The zero-order valence-corrected chi connectivity index (χ0v) is 13.4. The Morgan fingerprint density at radius 3 is 2.23 bits per heavy atom. The Balaban J connectivity index is 1.97. The number of aromatic carboxylic acids is 1. The average Bonchev–Trinajstić information content (AvgIpc) is 2.59. The molecule has 2 N–H and O–H groups in total. The van der Waals surface area contributed by atoms with E-state index in [0.717, 1.165) is 12.4 Å². The molecule has 1 heterocycles. The Labute approximate surface area is 145 Å². The molecule has 2 rings (SSSR count). The van der Waals surface area contributed by atoms with Crippen LogP contribution in [0.2, 0.25) is 0 Å². The van der Waals surface area contributed by atoms with Crippen LogP contribution in [0.25, 0.3) is 0 Å². The molecule has 1 unspecified atom stereocenters. The summed E-state index contributed by atoms with van der Waals surface area (Å²) in [4.78, 5) is 30.1. The molecule has 1 atom stereocenters. The van der Waals surface area contributed by atoms with Crippen LogP contribution in [0.5, 0.6) is 5.75 Å². The molecule has 26 heavy (non-hydrogen) atoms. The van der Waals surface area contributed by atoms with Gasteiger partial charge in [0.15, 0.2) is 12.3 Å². The van der Waals surface area contributed by atoms with Gasteiger partial charge in [-0.05, 0) is 24.6 Å². The van der Waals surface area contributed by atoms with Crippen molar-refractivity contribution in [2.45, 2.75) is 19.1 Å². The van der Waals surface area contributed by atoms with E-state index in [1.54, 1.807) is 6.92 Å². The van der Waals surface area contributed by atoms with Gasteiger partial charge in [0.25, 0.3) is 5.91 Å². The van der Waals surface area contributed by atoms with Crippen molar-refractivity contribution in [1.29, 1.82) is 0 Å². The van der Waals surface area contributed by atoms with Crippen molar-refractivity contribution in [2.24, 2.45) is 0 Å². The van der Waals surface area contributed by atoms with Gasteiger partial charge in [-0.3, -0.25) is 4.79 Å². The van der Waals surface area contributed by atoms with Crippen LogP contribution >= 0.6 is 0 Å². The number of amides is 1. The van der Waals surface area contributed by atoms with Gasteiger partial charge in [0.05, 0.1) is 18.4 Å². The van der Waals surface area contributed by atoms with Crippen molar-refractivity contribution in [3.8, 4) is 5.75 Å². The van der Waals surface area contributed by atoms with Gasteiger partial charge in [-0.15, -0.1) is 0 Å². The molecule has 0 radical (unpaired) electrons. The maximum atomic E-state index is 12.1. The highest BCUT2D eigenvalue weighted by molar-refractivity contribution is 5.93. The number of ether oxygens (including phenoxy) is 1. The number of carbonyl (C=O) groups excluding carboxylic acids is 1. The lowest BCUT2D eigenvalue weighted by molar-refractivity contribution is -0.153. The lowest BCUT2D eigenvalue weighted by Gasteiger charge is -2.15. The Bertz CT molecular complexity index is 777. The molecule has 0 aliphatic carbocycles. The number of carboxylic acid groups (broad SMARTS) is 1. The first kappa shape index (κ1) is 19.2. The summed E-state index contributed by atoms with van der Waals surface area (Å²) >= 11 is 0. The first-order valence-corrected chi connectivity index (χ1v) is 7.31. The third kappa shape index (κ3) is 5.43. The van der Waals surface area contributed by atoms with Crippen molar-refractivity contribution in [3.05, 3.63) is 53.6 Å². The van der Waals surface area contributed by atoms with Crippen LogP contribution in [-0.2, 0) is 0 Å². The molecule has 7 nitrogen and oxygen atoms in total. The first-order chi connectivity index (χ1) is 12.2. The number of benzene rings is 1. The third-order valence-corrected chi connectivity index (χ3v) is 3.23. The number of halogens is 3. The summed E-state index contributed by atoms with van der Waals surface area (Å²) in [6.07, 6.45) is -2.41. The summed E-state index contributed by atoms with van der Waals surface area (Å²) in [6.45, 7) is 0.284. The second kappa shape index (κ2) is 7.81. The summed E-state index contributed by atoms with van der Waals surface area (Å²) in [7, 11) is 0. The van der Waals surface area contributed by atoms with E-state index >= 15 is 0 Å². The summed E-state index contributed by atoms with van der Waals surface area (Å²) in [5.41, 5.74) is 0.281. The average molecular weight is 369 g/mol. The van der Waals surface area contributed by atoms with Crippen LogP contribution in [0.4, 0.5) is 13.2 Å². The topological polar surface area (TPSA) is 101 Å². The van der Waals surface area contributed by atoms with E-state index in [1.807, 2.05) is 0 Å². The number of alkyl halides is 3. The molecular weight excluding hydrogens is 355 g/mol. The number of hydrogen-bond acceptors (Lipinski definition) is 5. The van der Waals surface area contributed by atoms with Gasteiger partial charge >= 0.3 is 12.1 Å². The number of aromatic nitrogens is 2. The van der Waals surface area contributed by atoms with Gasteiger partial charge in [0.2, 0.25) is 0 Å². The number of hydrogen-bond donors (Lipinski definition) is 2. The molecule has 1 aromatic heterocycles. The fourth-order valence-electron chi connectivity index (χ4n) is 1.93. The normalized spacial score (nSPS) is 12.3. The number of nitrogens with one attached hydrogen (secondary N) is 1. The van der Waals surface area contributed by atoms with Gasteiger partial charge in [-0.25, -0.2) is 14.8 Å². The minimum atomic E-state index is -4.42. The number of rotatable bonds is 6. The maximum absolute atomic E-state index is 12.1. The largest absolute Gasteiger partial charge is 0.484 e. The minimum Gasteiger partial charge on any atom is -0.484 e. The lowest BCUT2D eigenvalue weighted by Crippen LogP contribution is -2.27. The molecule has 10 heteroatoms. The van der Waals surface area contributed by atoms with Gasteiger partial charge < -0.3 is 15.2 Å². The van der Waals surface area contributed by atoms with Crippen LogP contribution in [0.15, 0.2) is 36.7 Å². The van der Waals surface area contributed by atoms with Crippen LogP contribution in [0.1, 0.15) is 39.5 Å². The quantitative estimate of drug-likeness (QED) is 0.812. The van der Waals surface area contributed by atoms with E-state index < -0.39 is 30.7 Å². The van der Waals surface area contributed by atoms with Crippen molar-refractivity contribution < 1.29 is 32.6 Å². The van der Waals surface area contributed by atoms with E-state index in [9.17, 15) is 22.8 Å². The molecule has 0 saturated heterocycles. The van der Waals surface area contributed by atoms with Crippen molar-refractivity contribution >= 4 is 11.9 Å². The van der Waals surface area contributed by atoms with Crippen molar-refractivity contribution in [3.63, 3.8) is 0 Å². The van der Waals surface area contributed by atoms with Gasteiger partial charge in [-0.2, -0.15) is 13.2 Å². The van der Waals surface area contributed by atoms with E-state index in [4.69, 9.17) is 5.11 Å². The Kier molecular flexibility index (Phi) is 5.75. The molecule has 1 aromatic carbocycles. The second-order valence-electron chi connectivity index (χ2n) is 5.26. The molecule has 0 bridgehead atoms. The fraction of sp³-hybridized carbons (Fsp3) is 0.250. The van der Waals surface area contributed by atoms with E-state index in [0.29, 0.717) is 5.56 Å². The van der Waals surface area contributed by atoms with Crippen LogP contribution in [0.3, 0.4) is 0 Å². The maximum Gasteiger partial charge on any atom is 0.422 e. The Morgan fingerprint density at radius 2 is 1.73 bits per heavy atom. The molecule has 0 saturated carbocycles.